The molecule has 2 aliphatic rings. The fraction of sp³-hybridized carbons (Fsp3) is 0.435. The molecule has 1 saturated carbocycles. The van der Waals surface area contributed by atoms with Crippen LogP contribution in [0.4, 0.5) is 14.5 Å². The molecule has 2 fully saturated rings. The Morgan fingerprint density at radius 1 is 1.03 bits per heavy atom. The highest BCUT2D eigenvalue weighted by atomic mass is 19.3. The number of hydrazine groups is 1. The number of aromatic nitrogens is 2. The van der Waals surface area contributed by atoms with E-state index >= 15 is 0 Å². The van der Waals surface area contributed by atoms with E-state index in [4.69, 9.17) is 0 Å². The first-order chi connectivity index (χ1) is 14.5. The minimum Gasteiger partial charge on any atom is -0.345 e. The molecule has 1 aromatic heterocycles. The zero-order valence-corrected chi connectivity index (χ0v) is 17.4. The zero-order chi connectivity index (χ0) is 21.3. The molecule has 1 aliphatic heterocycles. The van der Waals surface area contributed by atoms with Gasteiger partial charge in [0, 0.05) is 12.8 Å². The second kappa shape index (κ2) is 8.32. The molecule has 0 spiro atoms. The quantitative estimate of drug-likeness (QED) is 0.548. The van der Waals surface area contributed by atoms with Gasteiger partial charge in [0.05, 0.1) is 35.6 Å². The average Bonchev–Trinajstić information content (AvgIpc) is 3.22. The molecule has 1 aliphatic carbocycles. The lowest BCUT2D eigenvalue weighted by Gasteiger charge is -2.48. The number of alkyl halides is 2. The molecule has 1 saturated heterocycles. The molecule has 2 heterocycles. The number of nitrogens with zero attached hydrogens (tertiary/aromatic N) is 3. The van der Waals surface area contributed by atoms with Crippen LogP contribution in [0, 0.1) is 0 Å². The van der Waals surface area contributed by atoms with Gasteiger partial charge in [-0.15, -0.1) is 0 Å². The highest BCUT2D eigenvalue weighted by Crippen LogP contribution is 2.42. The summed E-state index contributed by atoms with van der Waals surface area (Å²) in [6.45, 7) is 4.51. The number of rotatable bonds is 3. The number of H-pyrrole nitrogens is 1. The number of aromatic amines is 1. The summed E-state index contributed by atoms with van der Waals surface area (Å²) in [5.41, 5.74) is 4.91. The number of nitrogens with one attached hydrogen (secondary N) is 1. The Morgan fingerprint density at radius 2 is 1.70 bits per heavy atom. The topological polar surface area (TPSA) is 55.4 Å². The van der Waals surface area contributed by atoms with E-state index in [1.54, 1.807) is 6.33 Å². The fourth-order valence-corrected chi connectivity index (χ4v) is 4.37. The van der Waals surface area contributed by atoms with Crippen molar-refractivity contribution in [1.29, 1.82) is 0 Å². The van der Waals surface area contributed by atoms with Gasteiger partial charge in [0.2, 0.25) is 5.92 Å². The van der Waals surface area contributed by atoms with Crippen LogP contribution in [0.25, 0.3) is 11.0 Å². The first-order valence-corrected chi connectivity index (χ1v) is 10.7. The molecule has 0 bridgehead atoms. The van der Waals surface area contributed by atoms with Gasteiger partial charge in [-0.05, 0) is 48.1 Å². The molecule has 160 valence electrons. The van der Waals surface area contributed by atoms with Gasteiger partial charge in [-0.2, -0.15) is 0 Å². The van der Waals surface area contributed by atoms with E-state index in [0.717, 1.165) is 27.8 Å². The van der Waals surface area contributed by atoms with Gasteiger partial charge >= 0.3 is 0 Å². The van der Waals surface area contributed by atoms with Crippen molar-refractivity contribution >= 4 is 16.7 Å². The van der Waals surface area contributed by atoms with Crippen LogP contribution in [0.2, 0.25) is 0 Å². The number of fused-ring (bicyclic) bond motifs is 1. The van der Waals surface area contributed by atoms with Gasteiger partial charge in [0.15, 0.2) is 0 Å². The normalized spacial score (nSPS) is 21.8. The van der Waals surface area contributed by atoms with Crippen molar-refractivity contribution in [2.45, 2.75) is 57.4 Å². The number of halogens is 2. The van der Waals surface area contributed by atoms with Gasteiger partial charge in [-0.1, -0.05) is 43.3 Å². The lowest BCUT2D eigenvalue weighted by atomic mass is 9.82. The van der Waals surface area contributed by atoms with Crippen LogP contribution in [0.3, 0.4) is 0 Å². The number of benzene rings is 2. The molecular formula is C23H28F2N4O. The summed E-state index contributed by atoms with van der Waals surface area (Å²) in [5, 5.41) is 13.2. The monoisotopic (exact) mass is 414 g/mol. The predicted molar refractivity (Wildman–Crippen MR) is 114 cm³/mol. The molecule has 0 amide bonds. The van der Waals surface area contributed by atoms with Crippen LogP contribution in [0.1, 0.15) is 62.6 Å². The summed E-state index contributed by atoms with van der Waals surface area (Å²) in [6.07, 6.45) is 2.68. The molecule has 1 atom stereocenters. The van der Waals surface area contributed by atoms with Crippen LogP contribution in [0.5, 0.6) is 0 Å². The molecular weight excluding hydrogens is 386 g/mol. The summed E-state index contributed by atoms with van der Waals surface area (Å²) in [4.78, 5) is 7.32. The molecule has 2 aromatic carbocycles. The van der Waals surface area contributed by atoms with Gasteiger partial charge in [0.1, 0.15) is 0 Å². The van der Waals surface area contributed by atoms with Gasteiger partial charge < -0.3 is 4.98 Å². The van der Waals surface area contributed by atoms with Crippen molar-refractivity contribution < 1.29 is 14.0 Å². The summed E-state index contributed by atoms with van der Waals surface area (Å²) in [5.74, 6) is -2.29. The number of imidazole rings is 1. The largest absolute Gasteiger partial charge is 0.345 e. The SMILES string of the molecule is CC.ON1C[C@H](c2ccc(C3CCC(F)(F)CC3)cc2)N1c1ccc2nc[nH]c2c1. The standard InChI is InChI=1S/C21H22F2N4O.C2H6/c22-21(23)9-7-15(8-10-21)14-1-3-16(4-2-14)20-12-26(28)27(20)17-5-6-18-19(11-17)25-13-24-18;1-2/h1-6,11,13,15,20,28H,7-10,12H2,(H,24,25);1-2H3/t20-;/m1./s1. The van der Waals surface area contributed by atoms with Crippen LogP contribution in [-0.2, 0) is 0 Å². The van der Waals surface area contributed by atoms with E-state index in [0.29, 0.717) is 19.4 Å². The smallest absolute Gasteiger partial charge is 0.248 e. The van der Waals surface area contributed by atoms with Gasteiger partial charge in [-0.3, -0.25) is 10.2 Å². The Kier molecular flexibility index (Phi) is 5.75. The molecule has 3 aromatic rings. The Morgan fingerprint density at radius 3 is 2.37 bits per heavy atom. The van der Waals surface area contributed by atoms with E-state index in [1.165, 1.54) is 5.17 Å². The molecule has 30 heavy (non-hydrogen) atoms. The van der Waals surface area contributed by atoms with Crippen molar-refractivity contribution in [1.82, 2.24) is 15.1 Å². The predicted octanol–water partition coefficient (Wildman–Crippen LogP) is 6.05. The minimum atomic E-state index is -2.50. The number of hydrogen-bond acceptors (Lipinski definition) is 4. The van der Waals surface area contributed by atoms with E-state index in [-0.39, 0.29) is 24.8 Å². The highest BCUT2D eigenvalue weighted by Gasteiger charge is 2.38. The van der Waals surface area contributed by atoms with E-state index < -0.39 is 5.92 Å². The number of hydrogen-bond donors (Lipinski definition) is 2. The first-order valence-electron chi connectivity index (χ1n) is 10.7. The van der Waals surface area contributed by atoms with E-state index in [9.17, 15) is 14.0 Å². The first kappa shape index (κ1) is 20.8. The molecule has 5 rings (SSSR count). The van der Waals surface area contributed by atoms with E-state index in [2.05, 4.69) is 34.2 Å². The lowest BCUT2D eigenvalue weighted by Crippen LogP contribution is -2.57. The van der Waals surface area contributed by atoms with Gasteiger partial charge in [0.25, 0.3) is 0 Å². The Hall–Kier alpha value is -2.51. The van der Waals surface area contributed by atoms with Crippen molar-refractivity contribution in [3.8, 4) is 0 Å². The molecule has 0 radical (unpaired) electrons. The summed E-state index contributed by atoms with van der Waals surface area (Å²) in [7, 11) is 0. The lowest BCUT2D eigenvalue weighted by molar-refractivity contribution is -0.167. The third kappa shape index (κ3) is 3.91. The van der Waals surface area contributed by atoms with Gasteiger partial charge in [-0.25, -0.2) is 13.8 Å². The van der Waals surface area contributed by atoms with Crippen molar-refractivity contribution in [2.24, 2.45) is 0 Å². The molecule has 2 N–H and O–H groups in total. The molecule has 5 nitrogen and oxygen atoms in total. The Bertz CT molecular complexity index is 978. The maximum atomic E-state index is 13.4. The Balaban J connectivity index is 0.00000106. The third-order valence-electron chi connectivity index (χ3n) is 6.06. The maximum absolute atomic E-state index is 13.4. The minimum absolute atomic E-state index is 0.0224. The van der Waals surface area contributed by atoms with E-state index in [1.807, 2.05) is 37.1 Å². The summed E-state index contributed by atoms with van der Waals surface area (Å²) >= 11 is 0. The van der Waals surface area contributed by atoms with Crippen LogP contribution in [-0.4, -0.2) is 32.8 Å². The Labute approximate surface area is 175 Å². The number of hydroxylamine groups is 1. The second-order valence-electron chi connectivity index (χ2n) is 7.82. The molecule has 0 unspecified atom stereocenters. The fourth-order valence-electron chi connectivity index (χ4n) is 4.37. The van der Waals surface area contributed by atoms with Crippen molar-refractivity contribution in [3.63, 3.8) is 0 Å². The summed E-state index contributed by atoms with van der Waals surface area (Å²) < 4.78 is 26.8. The average molecular weight is 414 g/mol. The van der Waals surface area contributed by atoms with Crippen molar-refractivity contribution in [3.05, 3.63) is 59.9 Å². The van der Waals surface area contributed by atoms with Crippen LogP contribution >= 0.6 is 0 Å². The van der Waals surface area contributed by atoms with Crippen LogP contribution < -0.4 is 5.01 Å². The maximum Gasteiger partial charge on any atom is 0.248 e. The molecule has 7 heteroatoms. The summed E-state index contributed by atoms with van der Waals surface area (Å²) in [6, 6.07) is 14.1. The second-order valence-corrected chi connectivity index (χ2v) is 7.82. The van der Waals surface area contributed by atoms with Crippen LogP contribution in [0.15, 0.2) is 48.8 Å². The zero-order valence-electron chi connectivity index (χ0n) is 17.4. The number of anilines is 1. The van der Waals surface area contributed by atoms with Crippen molar-refractivity contribution in [2.75, 3.05) is 11.6 Å². The third-order valence-corrected chi connectivity index (χ3v) is 6.06. The highest BCUT2D eigenvalue weighted by molar-refractivity contribution is 5.79.